The van der Waals surface area contributed by atoms with Crippen LogP contribution < -0.4 is 0 Å². The van der Waals surface area contributed by atoms with E-state index in [0.29, 0.717) is 11.4 Å². The average molecular weight is 373 g/mol. The van der Waals surface area contributed by atoms with E-state index in [-0.39, 0.29) is 5.89 Å². The molecule has 0 fully saturated rings. The Morgan fingerprint density at radius 1 is 1.08 bits per heavy atom. The minimum absolute atomic E-state index is 0.0930. The number of halogens is 2. The van der Waals surface area contributed by atoms with Crippen LogP contribution in [0.4, 0.5) is 8.78 Å². The van der Waals surface area contributed by atoms with Crippen molar-refractivity contribution in [3.8, 4) is 22.0 Å². The predicted molar refractivity (Wildman–Crippen MR) is 91.9 cm³/mol. The van der Waals surface area contributed by atoms with Gasteiger partial charge in [-0.15, -0.1) is 26.6 Å². The number of hydrogen-bond donors (Lipinski definition) is 0. The molecule has 132 valence electrons. The molecule has 0 unspecified atom stereocenters. The highest BCUT2D eigenvalue weighted by Crippen LogP contribution is 2.29. The quantitative estimate of drug-likeness (QED) is 0.520. The van der Waals surface area contributed by atoms with Crippen LogP contribution in [0, 0.1) is 6.92 Å². The maximum Gasteiger partial charge on any atom is 0.314 e. The van der Waals surface area contributed by atoms with Gasteiger partial charge in [-0.05, 0) is 19.1 Å². The van der Waals surface area contributed by atoms with Gasteiger partial charge in [0.1, 0.15) is 5.69 Å². The summed E-state index contributed by atoms with van der Waals surface area (Å²) in [5, 5.41) is 15.3. The highest BCUT2D eigenvalue weighted by atomic mass is 32.1. The van der Waals surface area contributed by atoms with Gasteiger partial charge < -0.3 is 4.42 Å². The second-order valence-electron chi connectivity index (χ2n) is 5.68. The molecular weight excluding hydrogens is 360 g/mol. The predicted octanol–water partition coefficient (Wildman–Crippen LogP) is 4.35. The molecule has 0 bridgehead atoms. The van der Waals surface area contributed by atoms with Gasteiger partial charge in [0.25, 0.3) is 11.8 Å². The van der Waals surface area contributed by atoms with E-state index in [1.165, 1.54) is 16.9 Å². The molecule has 26 heavy (non-hydrogen) atoms. The summed E-state index contributed by atoms with van der Waals surface area (Å²) in [5.74, 6) is -0.579. The molecule has 1 aromatic carbocycles. The van der Waals surface area contributed by atoms with Gasteiger partial charge in [-0.1, -0.05) is 35.0 Å². The fourth-order valence-corrected chi connectivity index (χ4v) is 3.31. The van der Waals surface area contributed by atoms with Crippen molar-refractivity contribution in [1.82, 2.24) is 25.2 Å². The van der Waals surface area contributed by atoms with Crippen LogP contribution in [0.15, 0.2) is 47.0 Å². The van der Waals surface area contributed by atoms with E-state index in [4.69, 9.17) is 4.42 Å². The summed E-state index contributed by atoms with van der Waals surface area (Å²) in [4.78, 5) is 1.61. The van der Waals surface area contributed by atoms with Crippen molar-refractivity contribution in [2.45, 2.75) is 19.9 Å². The second-order valence-corrected chi connectivity index (χ2v) is 6.85. The van der Waals surface area contributed by atoms with Gasteiger partial charge in [-0.2, -0.15) is 8.78 Å². The first-order chi connectivity index (χ1) is 12.6. The van der Waals surface area contributed by atoms with E-state index in [2.05, 4.69) is 20.5 Å². The number of hydrogen-bond acceptors (Lipinski definition) is 6. The first-order valence-corrected chi connectivity index (χ1v) is 8.58. The molecule has 6 nitrogen and oxygen atoms in total. The lowest BCUT2D eigenvalue weighted by molar-refractivity contribution is 0.116. The van der Waals surface area contributed by atoms with Gasteiger partial charge >= 0.3 is 6.43 Å². The zero-order valence-corrected chi connectivity index (χ0v) is 14.5. The lowest BCUT2D eigenvalue weighted by atomic mass is 10.1. The van der Waals surface area contributed by atoms with Crippen LogP contribution in [-0.2, 0) is 6.54 Å². The Kier molecular flexibility index (Phi) is 4.29. The van der Waals surface area contributed by atoms with E-state index in [1.54, 1.807) is 10.7 Å². The standard InChI is InChI=1S/C17H13F2N5OS/c1-10-2-4-11(5-3-10)13-9-24(23-20-13)8-12-6-7-14(26-12)16-21-22-17(25-16)15(18)19/h2-7,9,15H,8H2,1H3. The molecule has 0 saturated heterocycles. The lowest BCUT2D eigenvalue weighted by Crippen LogP contribution is -1.97. The number of alkyl halides is 2. The van der Waals surface area contributed by atoms with Gasteiger partial charge in [-0.3, -0.25) is 0 Å². The SMILES string of the molecule is Cc1ccc(-c2cn(Cc3ccc(-c4nnc(C(F)F)o4)s3)nn2)cc1. The molecule has 3 heterocycles. The molecule has 0 atom stereocenters. The van der Waals surface area contributed by atoms with Gasteiger partial charge in [0.05, 0.1) is 17.6 Å². The lowest BCUT2D eigenvalue weighted by Gasteiger charge is -1.97. The number of rotatable bonds is 5. The Hall–Kier alpha value is -2.94. The summed E-state index contributed by atoms with van der Waals surface area (Å²) < 4.78 is 31.8. The largest absolute Gasteiger partial charge is 0.414 e. The van der Waals surface area contributed by atoms with Crippen LogP contribution in [0.3, 0.4) is 0 Å². The fourth-order valence-electron chi connectivity index (χ4n) is 2.39. The zero-order valence-electron chi connectivity index (χ0n) is 13.6. The minimum Gasteiger partial charge on any atom is -0.414 e. The molecule has 0 saturated carbocycles. The number of aryl methyl sites for hydroxylation is 1. The third-order valence-corrected chi connectivity index (χ3v) is 4.76. The van der Waals surface area contributed by atoms with Crippen LogP contribution in [0.5, 0.6) is 0 Å². The summed E-state index contributed by atoms with van der Waals surface area (Å²) >= 11 is 1.38. The highest BCUT2D eigenvalue weighted by Gasteiger charge is 2.18. The van der Waals surface area contributed by atoms with Gasteiger partial charge in [0.15, 0.2) is 0 Å². The number of thiophene rings is 1. The van der Waals surface area contributed by atoms with Gasteiger partial charge in [0, 0.05) is 10.4 Å². The van der Waals surface area contributed by atoms with Crippen molar-refractivity contribution in [1.29, 1.82) is 0 Å². The third kappa shape index (κ3) is 3.38. The maximum absolute atomic E-state index is 12.5. The van der Waals surface area contributed by atoms with Crippen LogP contribution in [0.2, 0.25) is 0 Å². The monoisotopic (exact) mass is 373 g/mol. The Labute approximate surface area is 151 Å². The summed E-state index contributed by atoms with van der Waals surface area (Å²) in [5.41, 5.74) is 2.97. The van der Waals surface area contributed by atoms with Crippen LogP contribution in [0.25, 0.3) is 22.0 Å². The van der Waals surface area contributed by atoms with Crippen LogP contribution in [0.1, 0.15) is 22.8 Å². The molecular formula is C17H13F2N5OS. The molecule has 3 aromatic heterocycles. The van der Waals surface area contributed by atoms with E-state index in [9.17, 15) is 8.78 Å². The van der Waals surface area contributed by atoms with E-state index < -0.39 is 12.3 Å². The Bertz CT molecular complexity index is 1020. The Balaban J connectivity index is 1.50. The van der Waals surface area contributed by atoms with Gasteiger partial charge in [-0.25, -0.2) is 4.68 Å². The molecule has 0 spiro atoms. The molecule has 9 heteroatoms. The molecule has 0 aliphatic heterocycles. The molecule has 4 rings (SSSR count). The molecule has 0 radical (unpaired) electrons. The fraction of sp³-hybridized carbons (Fsp3) is 0.176. The Morgan fingerprint density at radius 2 is 1.88 bits per heavy atom. The normalized spacial score (nSPS) is 11.4. The molecule has 0 N–H and O–H groups in total. The minimum atomic E-state index is -2.77. The van der Waals surface area contributed by atoms with Crippen molar-refractivity contribution in [3.63, 3.8) is 0 Å². The number of benzene rings is 1. The topological polar surface area (TPSA) is 69.6 Å². The molecule has 0 aliphatic rings. The average Bonchev–Trinajstić information content (AvgIpc) is 3.36. The van der Waals surface area contributed by atoms with Crippen LogP contribution >= 0.6 is 11.3 Å². The number of aromatic nitrogens is 5. The first kappa shape index (κ1) is 16.5. The van der Waals surface area contributed by atoms with E-state index in [1.807, 2.05) is 43.5 Å². The van der Waals surface area contributed by atoms with Crippen molar-refractivity contribution in [2.24, 2.45) is 0 Å². The van der Waals surface area contributed by atoms with E-state index >= 15 is 0 Å². The van der Waals surface area contributed by atoms with Gasteiger partial charge in [0.2, 0.25) is 0 Å². The Morgan fingerprint density at radius 3 is 2.62 bits per heavy atom. The van der Waals surface area contributed by atoms with E-state index in [0.717, 1.165) is 16.1 Å². The highest BCUT2D eigenvalue weighted by molar-refractivity contribution is 7.15. The maximum atomic E-state index is 12.5. The van der Waals surface area contributed by atoms with Crippen molar-refractivity contribution < 1.29 is 13.2 Å². The van der Waals surface area contributed by atoms with Crippen molar-refractivity contribution >= 4 is 11.3 Å². The summed E-state index contributed by atoms with van der Waals surface area (Å²) in [6.07, 6.45) is -0.905. The molecule has 0 aliphatic carbocycles. The van der Waals surface area contributed by atoms with Crippen molar-refractivity contribution in [3.05, 3.63) is 58.9 Å². The second kappa shape index (κ2) is 6.75. The summed E-state index contributed by atoms with van der Waals surface area (Å²) in [6, 6.07) is 11.7. The molecule has 4 aromatic rings. The summed E-state index contributed by atoms with van der Waals surface area (Å²) in [6.45, 7) is 2.54. The van der Waals surface area contributed by atoms with Crippen LogP contribution in [-0.4, -0.2) is 25.2 Å². The van der Waals surface area contributed by atoms with Crippen molar-refractivity contribution in [2.75, 3.05) is 0 Å². The first-order valence-electron chi connectivity index (χ1n) is 7.76. The number of nitrogens with zero attached hydrogens (tertiary/aromatic N) is 5. The molecule has 0 amide bonds. The smallest absolute Gasteiger partial charge is 0.314 e. The zero-order chi connectivity index (χ0) is 18.1. The summed E-state index contributed by atoms with van der Waals surface area (Å²) in [7, 11) is 0. The third-order valence-electron chi connectivity index (χ3n) is 3.70.